The molecular formula is C14H16N2O2. The van der Waals surface area contributed by atoms with Crippen LogP contribution in [0.5, 0.6) is 0 Å². The van der Waals surface area contributed by atoms with Gasteiger partial charge in [0.2, 0.25) is 11.8 Å². The van der Waals surface area contributed by atoms with Crippen LogP contribution in [-0.2, 0) is 22.6 Å². The van der Waals surface area contributed by atoms with Crippen molar-refractivity contribution in [3.8, 4) is 0 Å². The highest BCUT2D eigenvalue weighted by Gasteiger charge is 2.20. The Balaban J connectivity index is 2.26. The summed E-state index contributed by atoms with van der Waals surface area (Å²) in [5.41, 5.74) is 3.06. The van der Waals surface area contributed by atoms with Crippen LogP contribution in [0.4, 0.5) is 5.69 Å². The monoisotopic (exact) mass is 244 g/mol. The zero-order chi connectivity index (χ0) is 13.1. The summed E-state index contributed by atoms with van der Waals surface area (Å²) in [5, 5.41) is 2.83. The van der Waals surface area contributed by atoms with Crippen molar-refractivity contribution in [2.24, 2.45) is 0 Å². The predicted molar refractivity (Wildman–Crippen MR) is 70.1 cm³/mol. The van der Waals surface area contributed by atoms with Gasteiger partial charge in [0.15, 0.2) is 0 Å². The van der Waals surface area contributed by atoms with Crippen molar-refractivity contribution >= 4 is 17.5 Å². The molecule has 1 aliphatic heterocycles. The molecule has 0 bridgehead atoms. The molecule has 0 saturated heterocycles. The van der Waals surface area contributed by atoms with Gasteiger partial charge in [-0.05, 0) is 29.7 Å². The molecule has 0 aliphatic carbocycles. The van der Waals surface area contributed by atoms with E-state index < -0.39 is 0 Å². The summed E-state index contributed by atoms with van der Waals surface area (Å²) in [6, 6.07) is 5.78. The highest BCUT2D eigenvalue weighted by atomic mass is 16.2. The van der Waals surface area contributed by atoms with Gasteiger partial charge in [0.25, 0.3) is 0 Å². The van der Waals surface area contributed by atoms with E-state index >= 15 is 0 Å². The van der Waals surface area contributed by atoms with Crippen molar-refractivity contribution in [3.05, 3.63) is 42.0 Å². The molecule has 2 rings (SSSR count). The first-order chi connectivity index (χ1) is 8.61. The largest absolute Gasteiger partial charge is 0.335 e. The molecule has 1 N–H and O–H groups in total. The third-order valence-corrected chi connectivity index (χ3v) is 3.06. The fraction of sp³-hybridized carbons (Fsp3) is 0.286. The molecule has 18 heavy (non-hydrogen) atoms. The van der Waals surface area contributed by atoms with Gasteiger partial charge in [-0.25, -0.2) is 0 Å². The van der Waals surface area contributed by atoms with Crippen LogP contribution >= 0.6 is 0 Å². The van der Waals surface area contributed by atoms with Gasteiger partial charge in [0.05, 0.1) is 0 Å². The van der Waals surface area contributed by atoms with Crippen LogP contribution < -0.4 is 5.32 Å². The maximum atomic E-state index is 11.6. The van der Waals surface area contributed by atoms with Gasteiger partial charge in [-0.3, -0.25) is 9.59 Å². The standard InChI is InChI=1S/C14H16N2O2/c1-3-14(18)16-8-7-12-11(9-16)5-4-6-13(12)15-10(2)17/h3-6H,1,7-9H2,2H3,(H,15,17). The second kappa shape index (κ2) is 5.04. The summed E-state index contributed by atoms with van der Waals surface area (Å²) in [6.45, 7) is 6.23. The lowest BCUT2D eigenvalue weighted by Crippen LogP contribution is -2.35. The lowest BCUT2D eigenvalue weighted by atomic mass is 9.97. The van der Waals surface area contributed by atoms with Crippen LogP contribution in [-0.4, -0.2) is 23.3 Å². The molecule has 4 nitrogen and oxygen atoms in total. The number of amides is 2. The Morgan fingerprint density at radius 1 is 1.44 bits per heavy atom. The summed E-state index contributed by atoms with van der Waals surface area (Å²) in [6.07, 6.45) is 2.09. The minimum absolute atomic E-state index is 0.0504. The number of benzene rings is 1. The number of hydrogen-bond acceptors (Lipinski definition) is 2. The van der Waals surface area contributed by atoms with Gasteiger partial charge in [-0.15, -0.1) is 0 Å². The SMILES string of the molecule is C=CC(=O)N1CCc2c(cccc2NC(C)=O)C1. The van der Waals surface area contributed by atoms with E-state index in [0.29, 0.717) is 13.1 Å². The Morgan fingerprint density at radius 3 is 2.89 bits per heavy atom. The summed E-state index contributed by atoms with van der Waals surface area (Å²) in [5.74, 6) is -0.126. The average Bonchev–Trinajstić information content (AvgIpc) is 2.37. The van der Waals surface area contributed by atoms with Crippen molar-refractivity contribution in [1.82, 2.24) is 4.90 Å². The van der Waals surface area contributed by atoms with Crippen LogP contribution in [0.15, 0.2) is 30.9 Å². The molecule has 0 saturated carbocycles. The van der Waals surface area contributed by atoms with E-state index in [0.717, 1.165) is 23.2 Å². The Kier molecular flexibility index (Phi) is 3.46. The number of carbonyl (C=O) groups is 2. The predicted octanol–water partition coefficient (Wildman–Crippen LogP) is 1.72. The lowest BCUT2D eigenvalue weighted by molar-refractivity contribution is -0.126. The van der Waals surface area contributed by atoms with Crippen LogP contribution in [0.1, 0.15) is 18.1 Å². The first kappa shape index (κ1) is 12.4. The van der Waals surface area contributed by atoms with Crippen molar-refractivity contribution in [2.75, 3.05) is 11.9 Å². The number of hydrogen-bond donors (Lipinski definition) is 1. The van der Waals surface area contributed by atoms with E-state index in [1.165, 1.54) is 13.0 Å². The van der Waals surface area contributed by atoms with E-state index in [1.54, 1.807) is 4.90 Å². The fourth-order valence-electron chi connectivity index (χ4n) is 2.23. The molecule has 1 aliphatic rings. The van der Waals surface area contributed by atoms with Crippen LogP contribution in [0.25, 0.3) is 0 Å². The minimum atomic E-state index is -0.0759. The first-order valence-corrected chi connectivity index (χ1v) is 5.91. The maximum Gasteiger partial charge on any atom is 0.246 e. The van der Waals surface area contributed by atoms with Crippen molar-refractivity contribution in [3.63, 3.8) is 0 Å². The Bertz CT molecular complexity index is 509. The Morgan fingerprint density at radius 2 is 2.22 bits per heavy atom. The zero-order valence-corrected chi connectivity index (χ0v) is 10.4. The molecule has 0 radical (unpaired) electrons. The summed E-state index contributed by atoms with van der Waals surface area (Å²) in [7, 11) is 0. The molecule has 1 aromatic carbocycles. The number of anilines is 1. The number of nitrogens with zero attached hydrogens (tertiary/aromatic N) is 1. The highest BCUT2D eigenvalue weighted by molar-refractivity contribution is 5.90. The van der Waals surface area contributed by atoms with E-state index in [2.05, 4.69) is 11.9 Å². The van der Waals surface area contributed by atoms with Crippen molar-refractivity contribution in [2.45, 2.75) is 19.9 Å². The third kappa shape index (κ3) is 2.42. The Labute approximate surface area is 106 Å². The molecule has 0 spiro atoms. The number of fused-ring (bicyclic) bond motifs is 1. The van der Waals surface area contributed by atoms with Gasteiger partial charge in [0.1, 0.15) is 0 Å². The average molecular weight is 244 g/mol. The van der Waals surface area contributed by atoms with E-state index in [1.807, 2.05) is 18.2 Å². The fourth-order valence-corrected chi connectivity index (χ4v) is 2.23. The minimum Gasteiger partial charge on any atom is -0.335 e. The molecule has 0 unspecified atom stereocenters. The third-order valence-electron chi connectivity index (χ3n) is 3.06. The normalized spacial score (nSPS) is 13.7. The van der Waals surface area contributed by atoms with Crippen LogP contribution in [0.2, 0.25) is 0 Å². The van der Waals surface area contributed by atoms with Gasteiger partial charge < -0.3 is 10.2 Å². The van der Waals surface area contributed by atoms with Crippen molar-refractivity contribution < 1.29 is 9.59 Å². The highest BCUT2D eigenvalue weighted by Crippen LogP contribution is 2.26. The molecule has 4 heteroatoms. The van der Waals surface area contributed by atoms with Gasteiger partial charge in [-0.1, -0.05) is 18.7 Å². The van der Waals surface area contributed by atoms with Gasteiger partial charge in [-0.2, -0.15) is 0 Å². The molecular weight excluding hydrogens is 228 g/mol. The Hall–Kier alpha value is -2.10. The molecule has 1 aromatic rings. The number of rotatable bonds is 2. The quantitative estimate of drug-likeness (QED) is 0.805. The van der Waals surface area contributed by atoms with Gasteiger partial charge in [0, 0.05) is 25.7 Å². The van der Waals surface area contributed by atoms with Gasteiger partial charge >= 0.3 is 0 Å². The molecule has 94 valence electrons. The summed E-state index contributed by atoms with van der Waals surface area (Å²) in [4.78, 5) is 24.5. The van der Waals surface area contributed by atoms with Crippen LogP contribution in [0, 0.1) is 0 Å². The lowest BCUT2D eigenvalue weighted by Gasteiger charge is -2.29. The van der Waals surface area contributed by atoms with E-state index in [-0.39, 0.29) is 11.8 Å². The van der Waals surface area contributed by atoms with E-state index in [9.17, 15) is 9.59 Å². The molecule has 1 heterocycles. The number of nitrogens with one attached hydrogen (secondary N) is 1. The van der Waals surface area contributed by atoms with Crippen molar-refractivity contribution in [1.29, 1.82) is 0 Å². The summed E-state index contributed by atoms with van der Waals surface area (Å²) >= 11 is 0. The molecule has 0 fully saturated rings. The second-order valence-electron chi connectivity index (χ2n) is 4.34. The summed E-state index contributed by atoms with van der Waals surface area (Å²) < 4.78 is 0. The molecule has 0 atom stereocenters. The first-order valence-electron chi connectivity index (χ1n) is 5.91. The van der Waals surface area contributed by atoms with E-state index in [4.69, 9.17) is 0 Å². The topological polar surface area (TPSA) is 49.4 Å². The molecule has 0 aromatic heterocycles. The maximum absolute atomic E-state index is 11.6. The van der Waals surface area contributed by atoms with Crippen LogP contribution in [0.3, 0.4) is 0 Å². The zero-order valence-electron chi connectivity index (χ0n) is 10.4. The second-order valence-corrected chi connectivity index (χ2v) is 4.34. The smallest absolute Gasteiger partial charge is 0.246 e. The molecule has 2 amide bonds. The number of carbonyl (C=O) groups excluding carboxylic acids is 2.